The predicted octanol–water partition coefficient (Wildman–Crippen LogP) is 2.14. The predicted molar refractivity (Wildman–Crippen MR) is 141 cm³/mol. The van der Waals surface area contributed by atoms with E-state index in [0.29, 0.717) is 5.75 Å². The van der Waals surface area contributed by atoms with Crippen molar-refractivity contribution >= 4 is 64.5 Å². The minimum atomic E-state index is -1.38. The maximum atomic E-state index is 12.7. The van der Waals surface area contributed by atoms with Gasteiger partial charge in [0.25, 0.3) is 17.7 Å². The molecule has 0 saturated carbocycles. The van der Waals surface area contributed by atoms with Gasteiger partial charge in [-0.3, -0.25) is 24.1 Å². The average molecular weight is 574 g/mol. The van der Waals surface area contributed by atoms with Crippen LogP contribution in [0.15, 0.2) is 40.4 Å². The fourth-order valence-electron chi connectivity index (χ4n) is 4.49. The van der Waals surface area contributed by atoms with E-state index in [1.807, 2.05) is 13.1 Å². The van der Waals surface area contributed by atoms with Gasteiger partial charge < -0.3 is 15.3 Å². The van der Waals surface area contributed by atoms with E-state index in [9.17, 15) is 29.1 Å². The fourth-order valence-corrected chi connectivity index (χ4v) is 7.65. The third-order valence-electron chi connectivity index (χ3n) is 6.35. The van der Waals surface area contributed by atoms with Crippen LogP contribution in [0.5, 0.6) is 0 Å². The van der Waals surface area contributed by atoms with Gasteiger partial charge in [0.15, 0.2) is 4.34 Å². The molecule has 14 heteroatoms. The smallest absolute Gasteiger partial charge is 0.326 e. The number of carboxylic acid groups (broad SMARTS) is 1. The minimum absolute atomic E-state index is 0.0346. The van der Waals surface area contributed by atoms with E-state index in [1.54, 1.807) is 40.6 Å². The number of fused-ring (bicyclic) bond motifs is 2. The maximum Gasteiger partial charge on any atom is 0.326 e. The molecule has 11 nitrogen and oxygen atoms in total. The zero-order valence-corrected chi connectivity index (χ0v) is 22.6. The van der Waals surface area contributed by atoms with Gasteiger partial charge in [-0.05, 0) is 37.5 Å². The van der Waals surface area contributed by atoms with Crippen molar-refractivity contribution in [2.24, 2.45) is 0 Å². The van der Waals surface area contributed by atoms with Crippen molar-refractivity contribution in [2.75, 3.05) is 11.5 Å². The molecule has 2 N–H and O–H groups in total. The molecule has 1 unspecified atom stereocenters. The quantitative estimate of drug-likeness (QED) is 0.246. The van der Waals surface area contributed by atoms with Gasteiger partial charge >= 0.3 is 5.97 Å². The number of carbonyl (C=O) groups is 5. The molecule has 0 bridgehead atoms. The number of aromatic nitrogens is 2. The van der Waals surface area contributed by atoms with Gasteiger partial charge in [0.05, 0.1) is 11.1 Å². The third-order valence-corrected chi connectivity index (χ3v) is 9.81. The molecule has 1 aromatic heterocycles. The van der Waals surface area contributed by atoms with E-state index in [2.05, 4.69) is 15.5 Å². The van der Waals surface area contributed by atoms with Crippen LogP contribution in [0, 0.1) is 6.92 Å². The summed E-state index contributed by atoms with van der Waals surface area (Å²) in [7, 11) is 0. The summed E-state index contributed by atoms with van der Waals surface area (Å²) < 4.78 is 0.878. The lowest BCUT2D eigenvalue weighted by Gasteiger charge is -2.47. The molecule has 1 saturated heterocycles. The summed E-state index contributed by atoms with van der Waals surface area (Å²) in [5.41, 5.74) is 1.44. The topological polar surface area (TPSA) is 150 Å². The Labute approximate surface area is 230 Å². The average Bonchev–Trinajstić information content (AvgIpc) is 3.44. The van der Waals surface area contributed by atoms with Gasteiger partial charge in [-0.15, -0.1) is 22.0 Å². The molecule has 5 rings (SSSR count). The summed E-state index contributed by atoms with van der Waals surface area (Å²) in [5, 5.41) is 21.2. The van der Waals surface area contributed by atoms with Crippen LogP contribution in [0.25, 0.3) is 0 Å². The van der Waals surface area contributed by atoms with Crippen molar-refractivity contribution in [2.45, 2.75) is 48.0 Å². The molecule has 3 atom stereocenters. The molecule has 1 fully saturated rings. The van der Waals surface area contributed by atoms with Crippen LogP contribution in [-0.4, -0.2) is 83.7 Å². The fraction of sp³-hybridized carbons (Fsp3) is 0.375. The maximum absolute atomic E-state index is 12.7. The Morgan fingerprint density at radius 2 is 1.89 bits per heavy atom. The van der Waals surface area contributed by atoms with E-state index in [1.165, 1.54) is 23.5 Å². The first-order valence-electron chi connectivity index (χ1n) is 11.8. The standard InChI is InChI=1S/C24H23N5O6S3/c1-12-26-27-24(38-12)37-11-13-9-28-21(33)18(22(28)36-10-13)25-17(30)8-4-7-16(23(34)35)29-19(31)14-5-2-3-6-15(14)20(29)32/h2-3,5-6,9,16,18,22H,4,7-8,10-11H2,1H3,(H,25,30)(H,34,35)/t16?,18-,22+/m1/s1. The number of amides is 4. The molecule has 3 aliphatic rings. The molecular formula is C24H23N5O6S3. The first-order chi connectivity index (χ1) is 18.2. The van der Waals surface area contributed by atoms with Crippen molar-refractivity contribution in [1.82, 2.24) is 25.3 Å². The van der Waals surface area contributed by atoms with E-state index in [0.717, 1.165) is 25.6 Å². The molecule has 3 aliphatic heterocycles. The Hall–Kier alpha value is -3.23. The van der Waals surface area contributed by atoms with Crippen molar-refractivity contribution in [3.8, 4) is 0 Å². The highest BCUT2D eigenvalue weighted by Crippen LogP contribution is 2.38. The lowest BCUT2D eigenvalue weighted by atomic mass is 10.1. The largest absolute Gasteiger partial charge is 0.480 e. The number of benzene rings is 1. The van der Waals surface area contributed by atoms with Crippen molar-refractivity contribution < 1.29 is 29.1 Å². The number of β-lactam (4-membered cyclic amide) rings is 1. The summed E-state index contributed by atoms with van der Waals surface area (Å²) in [5.74, 6) is -1.77. The summed E-state index contributed by atoms with van der Waals surface area (Å²) in [6.45, 7) is 1.90. The summed E-state index contributed by atoms with van der Waals surface area (Å²) >= 11 is 4.67. The molecule has 0 spiro atoms. The van der Waals surface area contributed by atoms with Crippen molar-refractivity contribution in [1.29, 1.82) is 0 Å². The normalized spacial score (nSPS) is 21.0. The van der Waals surface area contributed by atoms with Gasteiger partial charge in [0, 0.05) is 24.1 Å². The zero-order chi connectivity index (χ0) is 27.0. The van der Waals surface area contributed by atoms with Crippen LogP contribution in [0.2, 0.25) is 0 Å². The second-order valence-corrected chi connectivity index (χ2v) is 12.4. The Kier molecular flexibility index (Phi) is 7.54. The van der Waals surface area contributed by atoms with Gasteiger partial charge in [0.1, 0.15) is 22.5 Å². The Bertz CT molecular complexity index is 1330. The number of aryl methyl sites for hydroxylation is 1. The molecule has 0 radical (unpaired) electrons. The Morgan fingerprint density at radius 3 is 2.53 bits per heavy atom. The second-order valence-electron chi connectivity index (χ2n) is 8.93. The lowest BCUT2D eigenvalue weighted by Crippen LogP contribution is -2.68. The number of hydrogen-bond acceptors (Lipinski definition) is 10. The molecular weight excluding hydrogens is 550 g/mol. The first kappa shape index (κ1) is 26.4. The number of nitrogens with zero attached hydrogens (tertiary/aromatic N) is 4. The van der Waals surface area contributed by atoms with Crippen LogP contribution in [0.3, 0.4) is 0 Å². The van der Waals surface area contributed by atoms with E-state index >= 15 is 0 Å². The number of carbonyl (C=O) groups excluding carboxylic acids is 4. The summed E-state index contributed by atoms with van der Waals surface area (Å²) in [6.07, 6.45) is 1.86. The molecule has 0 aliphatic carbocycles. The van der Waals surface area contributed by atoms with E-state index < -0.39 is 29.9 Å². The number of carboxylic acids is 1. The molecule has 198 valence electrons. The van der Waals surface area contributed by atoms with Crippen LogP contribution in [-0.2, 0) is 14.4 Å². The van der Waals surface area contributed by atoms with Crippen LogP contribution >= 0.6 is 34.9 Å². The SMILES string of the molecule is Cc1nnc(SCC2=CN3C(=O)[C@@H](NC(=O)CCCC(C(=O)O)N4C(=O)c5ccccc5C4=O)[C@@H]3SC2)s1. The van der Waals surface area contributed by atoms with Gasteiger partial charge in [-0.25, -0.2) is 4.79 Å². The van der Waals surface area contributed by atoms with Crippen LogP contribution in [0.1, 0.15) is 45.0 Å². The molecule has 4 amide bonds. The third kappa shape index (κ3) is 5.07. The highest BCUT2D eigenvalue weighted by Gasteiger charge is 2.49. The van der Waals surface area contributed by atoms with Crippen molar-refractivity contribution in [3.05, 3.63) is 52.2 Å². The molecule has 2 aromatic rings. The number of hydrogen-bond donors (Lipinski definition) is 2. The van der Waals surface area contributed by atoms with Crippen LogP contribution < -0.4 is 5.32 Å². The number of thioether (sulfide) groups is 2. The van der Waals surface area contributed by atoms with Crippen LogP contribution in [0.4, 0.5) is 0 Å². The summed E-state index contributed by atoms with van der Waals surface area (Å²) in [4.78, 5) is 64.8. The minimum Gasteiger partial charge on any atom is -0.480 e. The number of nitrogens with one attached hydrogen (secondary N) is 1. The molecule has 4 heterocycles. The second kappa shape index (κ2) is 10.9. The monoisotopic (exact) mass is 573 g/mol. The highest BCUT2D eigenvalue weighted by molar-refractivity contribution is 8.01. The molecule has 1 aromatic carbocycles. The first-order valence-corrected chi connectivity index (χ1v) is 14.6. The van der Waals surface area contributed by atoms with E-state index in [4.69, 9.17) is 0 Å². The van der Waals surface area contributed by atoms with E-state index in [-0.39, 0.29) is 47.6 Å². The van der Waals surface area contributed by atoms with Gasteiger partial charge in [-0.2, -0.15) is 0 Å². The molecule has 38 heavy (non-hydrogen) atoms. The van der Waals surface area contributed by atoms with Gasteiger partial charge in [-0.1, -0.05) is 35.2 Å². The number of imide groups is 1. The Morgan fingerprint density at radius 1 is 1.18 bits per heavy atom. The summed E-state index contributed by atoms with van der Waals surface area (Å²) in [6, 6.07) is 4.17. The lowest BCUT2D eigenvalue weighted by molar-refractivity contribution is -0.144. The zero-order valence-electron chi connectivity index (χ0n) is 20.2. The number of rotatable bonds is 10. The highest BCUT2D eigenvalue weighted by atomic mass is 32.2. The van der Waals surface area contributed by atoms with Crippen molar-refractivity contribution in [3.63, 3.8) is 0 Å². The number of aliphatic carboxylic acids is 1. The van der Waals surface area contributed by atoms with Gasteiger partial charge in [0.2, 0.25) is 5.91 Å². The Balaban J connectivity index is 1.10.